The van der Waals surface area contributed by atoms with Gasteiger partial charge in [-0.15, -0.1) is 11.3 Å². The molecule has 4 aliphatic rings. The van der Waals surface area contributed by atoms with E-state index in [1.807, 2.05) is 11.3 Å². The van der Waals surface area contributed by atoms with Crippen LogP contribution in [0.5, 0.6) is 0 Å². The van der Waals surface area contributed by atoms with E-state index in [0.717, 1.165) is 6.42 Å². The number of thiophene rings is 1. The van der Waals surface area contributed by atoms with Gasteiger partial charge in [0.05, 0.1) is 10.7 Å². The van der Waals surface area contributed by atoms with Gasteiger partial charge in [-0.05, 0) is 191 Å². The van der Waals surface area contributed by atoms with Crippen LogP contribution in [0.3, 0.4) is 0 Å². The van der Waals surface area contributed by atoms with Crippen molar-refractivity contribution < 1.29 is 0 Å². The van der Waals surface area contributed by atoms with Crippen LogP contribution >= 0.6 is 11.3 Å². The van der Waals surface area contributed by atoms with Gasteiger partial charge < -0.3 is 9.71 Å². The zero-order valence-corrected chi connectivity index (χ0v) is 46.2. The molecule has 0 radical (unpaired) electrons. The van der Waals surface area contributed by atoms with Crippen LogP contribution in [-0.2, 0) is 27.1 Å². The monoisotopic (exact) mass is 981 g/mol. The van der Waals surface area contributed by atoms with Gasteiger partial charge in [0, 0.05) is 32.9 Å². The number of hydrogen-bond acceptors (Lipinski definition) is 3. The molecule has 13 rings (SSSR count). The highest BCUT2D eigenvalue weighted by molar-refractivity contribution is 7.26. The maximum atomic E-state index is 2.79. The number of benzene rings is 8. The first-order valence-corrected chi connectivity index (χ1v) is 28.1. The van der Waals surface area contributed by atoms with Gasteiger partial charge in [-0.1, -0.05) is 185 Å². The van der Waals surface area contributed by atoms with Gasteiger partial charge in [0.2, 0.25) is 0 Å². The topological polar surface area (TPSA) is 6.48 Å². The van der Waals surface area contributed by atoms with Crippen LogP contribution < -0.4 is 20.6 Å². The van der Waals surface area contributed by atoms with Gasteiger partial charge in [0.25, 0.3) is 0 Å². The molecule has 8 aromatic carbocycles. The Bertz CT molecular complexity index is 3720. The van der Waals surface area contributed by atoms with Crippen molar-refractivity contribution in [3.63, 3.8) is 0 Å². The molecule has 0 saturated heterocycles. The number of nitrogens with zero attached hydrogens (tertiary/aromatic N) is 2. The number of fused-ring (bicyclic) bond motifs is 8. The van der Waals surface area contributed by atoms with Crippen molar-refractivity contribution in [2.45, 2.75) is 129 Å². The Morgan fingerprint density at radius 2 is 0.959 bits per heavy atom. The van der Waals surface area contributed by atoms with Gasteiger partial charge in [-0.3, -0.25) is 0 Å². The predicted octanol–water partition coefficient (Wildman–Crippen LogP) is 18.6. The van der Waals surface area contributed by atoms with Gasteiger partial charge in [0.15, 0.2) is 0 Å². The molecule has 74 heavy (non-hydrogen) atoms. The summed E-state index contributed by atoms with van der Waals surface area (Å²) in [5.74, 6) is 0. The fourth-order valence-corrected chi connectivity index (χ4v) is 14.7. The lowest BCUT2D eigenvalue weighted by molar-refractivity contribution is 0.332. The Hall–Kier alpha value is -6.62. The van der Waals surface area contributed by atoms with E-state index in [0.29, 0.717) is 0 Å². The smallest absolute Gasteiger partial charge is 0.334 e. The minimum Gasteiger partial charge on any atom is -0.376 e. The second-order valence-electron chi connectivity index (χ2n) is 25.9. The first kappa shape index (κ1) is 47.1. The molecule has 3 heterocycles. The molecule has 4 heteroatoms. The van der Waals surface area contributed by atoms with Crippen LogP contribution in [0, 0.1) is 0 Å². The number of hydrogen-bond donors (Lipinski definition) is 0. The molecular weight excluding hydrogens is 912 g/mol. The molecule has 0 amide bonds. The average molecular weight is 981 g/mol. The van der Waals surface area contributed by atoms with Crippen molar-refractivity contribution in [1.29, 1.82) is 0 Å². The van der Waals surface area contributed by atoms with Crippen LogP contribution in [0.1, 0.15) is 130 Å². The molecule has 1 aromatic heterocycles. The molecular formula is C70H69BN2S. The van der Waals surface area contributed by atoms with E-state index >= 15 is 0 Å². The van der Waals surface area contributed by atoms with E-state index in [1.54, 1.807) is 0 Å². The number of rotatable bonds is 5. The zero-order chi connectivity index (χ0) is 51.3. The summed E-state index contributed by atoms with van der Waals surface area (Å²) in [5, 5.41) is 2.69. The first-order chi connectivity index (χ1) is 35.3. The Morgan fingerprint density at radius 3 is 1.58 bits per heavy atom. The minimum atomic E-state index is -0.121. The molecule has 2 aliphatic carbocycles. The van der Waals surface area contributed by atoms with E-state index in [4.69, 9.17) is 0 Å². The summed E-state index contributed by atoms with van der Waals surface area (Å²) in [4.78, 5) is 5.50. The van der Waals surface area contributed by atoms with Crippen LogP contribution in [0.15, 0.2) is 170 Å². The van der Waals surface area contributed by atoms with E-state index < -0.39 is 0 Å². The van der Waals surface area contributed by atoms with Gasteiger partial charge in [0.1, 0.15) is 0 Å². The van der Waals surface area contributed by atoms with E-state index in [1.165, 1.54) is 140 Å². The van der Waals surface area contributed by atoms with Crippen molar-refractivity contribution in [2.75, 3.05) is 9.71 Å². The molecule has 368 valence electrons. The second-order valence-corrected chi connectivity index (χ2v) is 26.9. The molecule has 0 bridgehead atoms. The summed E-state index contributed by atoms with van der Waals surface area (Å²) in [6.45, 7) is 26.7. The molecule has 2 aliphatic heterocycles. The minimum absolute atomic E-state index is 0.0395. The third-order valence-corrected chi connectivity index (χ3v) is 19.3. The highest BCUT2D eigenvalue weighted by Crippen LogP contribution is 2.56. The molecule has 9 aromatic rings. The van der Waals surface area contributed by atoms with E-state index in [-0.39, 0.29) is 33.9 Å². The van der Waals surface area contributed by atoms with Crippen molar-refractivity contribution in [3.8, 4) is 44.5 Å². The summed E-state index contributed by atoms with van der Waals surface area (Å²) in [5.41, 5.74) is 25.2. The van der Waals surface area contributed by atoms with E-state index in [2.05, 4.69) is 256 Å². The average Bonchev–Trinajstić information content (AvgIpc) is 3.77. The summed E-state index contributed by atoms with van der Waals surface area (Å²) >= 11 is 2.00. The van der Waals surface area contributed by atoms with Gasteiger partial charge in [-0.2, -0.15) is 0 Å². The lowest BCUT2D eigenvalue weighted by Crippen LogP contribution is -2.61. The molecule has 0 spiro atoms. The van der Waals surface area contributed by atoms with Crippen LogP contribution in [-0.4, -0.2) is 6.85 Å². The lowest BCUT2D eigenvalue weighted by atomic mass is 9.43. The summed E-state index contributed by atoms with van der Waals surface area (Å²) in [6.07, 6.45) is 4.69. The van der Waals surface area contributed by atoms with Crippen molar-refractivity contribution in [1.82, 2.24) is 0 Å². The second kappa shape index (κ2) is 16.4. The third kappa shape index (κ3) is 7.32. The highest BCUT2D eigenvalue weighted by Gasteiger charge is 2.49. The summed E-state index contributed by atoms with van der Waals surface area (Å²) in [6, 6.07) is 65.9. The van der Waals surface area contributed by atoms with Crippen molar-refractivity contribution in [3.05, 3.63) is 198 Å². The quantitative estimate of drug-likeness (QED) is 0.159. The largest absolute Gasteiger partial charge is 0.376 e. The molecule has 0 atom stereocenters. The third-order valence-electron chi connectivity index (χ3n) is 18.2. The first-order valence-electron chi connectivity index (χ1n) is 27.3. The molecule has 0 unspecified atom stereocenters. The fraction of sp³-hybridized carbons (Fsp3) is 0.286. The molecule has 0 saturated carbocycles. The van der Waals surface area contributed by atoms with Crippen LogP contribution in [0.4, 0.5) is 27.8 Å². The highest BCUT2D eigenvalue weighted by atomic mass is 32.1. The molecule has 0 fully saturated rings. The van der Waals surface area contributed by atoms with Crippen LogP contribution in [0.25, 0.3) is 54.6 Å². The molecule has 0 N–H and O–H groups in total. The Balaban J connectivity index is 1.20. The van der Waals surface area contributed by atoms with Gasteiger partial charge in [-0.25, -0.2) is 0 Å². The van der Waals surface area contributed by atoms with Crippen molar-refractivity contribution >= 4 is 66.9 Å². The maximum absolute atomic E-state index is 2.79. The maximum Gasteiger partial charge on any atom is 0.334 e. The summed E-state index contributed by atoms with van der Waals surface area (Å²) in [7, 11) is 0. The fourth-order valence-electron chi connectivity index (χ4n) is 13.4. The Kier molecular flexibility index (Phi) is 10.5. The van der Waals surface area contributed by atoms with E-state index in [9.17, 15) is 0 Å². The Morgan fingerprint density at radius 1 is 0.419 bits per heavy atom. The SMILES string of the molecule is CC(C)(C)c1ccc(N2c3cc(-c4ccccc4)cc4c3B(c3c2sc2cc5c(cc32)C(C)(C)CCC5(C)C)N(c2ccc3c(c2)C(C)(C)CCC3(C)C)c2ccc(-c3ccccc3)cc2-4)c(-c2ccccc2)c1. The lowest BCUT2D eigenvalue weighted by Gasteiger charge is -2.47. The van der Waals surface area contributed by atoms with Gasteiger partial charge >= 0.3 is 6.85 Å². The predicted molar refractivity (Wildman–Crippen MR) is 321 cm³/mol. The summed E-state index contributed by atoms with van der Waals surface area (Å²) < 4.78 is 1.37. The number of anilines is 5. The molecule has 2 nitrogen and oxygen atoms in total. The normalized spacial score (nSPS) is 17.5. The van der Waals surface area contributed by atoms with Crippen molar-refractivity contribution in [2.24, 2.45) is 0 Å². The van der Waals surface area contributed by atoms with Crippen LogP contribution in [0.2, 0.25) is 0 Å². The zero-order valence-electron chi connectivity index (χ0n) is 45.4. The standard InChI is InChI=1S/C70H69BN2S/c1-66(2,3)49-28-32-59(51(40-49)46-25-19-14-20-26-46)72-61-39-48(45-23-17-13-18-24-45)38-53-52-37-47(44-21-15-12-16-22-44)27-31-60(52)73(50-29-30-55-56(41-50)68(6,7)34-33-67(55,4)5)71(63(53)61)64-54-42-57-58(43-62(54)74-65(64)72)70(10,11)36-35-69(57,8)9/h12-32,37-43H,33-36H2,1-11H3. The Labute approximate surface area is 445 Å².